The van der Waals surface area contributed by atoms with Crippen LogP contribution in [0.25, 0.3) is 0 Å². The van der Waals surface area contributed by atoms with Gasteiger partial charge in [0, 0.05) is 18.5 Å². The van der Waals surface area contributed by atoms with Crippen LogP contribution in [0.2, 0.25) is 0 Å². The number of nitrogens with one attached hydrogen (secondary N) is 2. The fourth-order valence-electron chi connectivity index (χ4n) is 2.55. The molecular formula is C20H28N4O3S. The Bertz CT molecular complexity index is 778. The van der Waals surface area contributed by atoms with Crippen LogP contribution in [0.1, 0.15) is 49.1 Å². The van der Waals surface area contributed by atoms with Crippen LogP contribution >= 0.6 is 11.3 Å². The summed E-state index contributed by atoms with van der Waals surface area (Å²) in [6.07, 6.45) is 1.69. The van der Waals surface area contributed by atoms with Gasteiger partial charge < -0.3 is 20.3 Å². The molecule has 0 spiro atoms. The van der Waals surface area contributed by atoms with Gasteiger partial charge in [0.25, 0.3) is 5.91 Å². The molecule has 0 aliphatic rings. The van der Waals surface area contributed by atoms with Crippen molar-refractivity contribution in [3.05, 3.63) is 40.3 Å². The average molecular weight is 405 g/mol. The summed E-state index contributed by atoms with van der Waals surface area (Å²) < 4.78 is 5.57. The lowest BCUT2D eigenvalue weighted by Gasteiger charge is -2.22. The summed E-state index contributed by atoms with van der Waals surface area (Å²) in [5.41, 5.74) is 1.03. The molecule has 8 heteroatoms. The van der Waals surface area contributed by atoms with Crippen LogP contribution in [0.15, 0.2) is 29.6 Å². The highest BCUT2D eigenvalue weighted by molar-refractivity contribution is 7.09. The molecule has 0 unspecified atom stereocenters. The van der Waals surface area contributed by atoms with Gasteiger partial charge in [0.05, 0.1) is 18.8 Å². The van der Waals surface area contributed by atoms with Crippen molar-refractivity contribution in [2.45, 2.75) is 40.2 Å². The molecule has 0 bridgehead atoms. The van der Waals surface area contributed by atoms with Crippen molar-refractivity contribution >= 4 is 29.0 Å². The number of benzene rings is 1. The molecule has 3 amide bonds. The van der Waals surface area contributed by atoms with Crippen LogP contribution in [0.3, 0.4) is 0 Å². The van der Waals surface area contributed by atoms with Gasteiger partial charge in [-0.3, -0.25) is 4.79 Å². The minimum Gasteiger partial charge on any atom is -0.492 e. The van der Waals surface area contributed by atoms with Crippen molar-refractivity contribution in [3.63, 3.8) is 0 Å². The van der Waals surface area contributed by atoms with Crippen LogP contribution in [0.5, 0.6) is 5.75 Å². The van der Waals surface area contributed by atoms with Crippen LogP contribution in [0, 0.1) is 0 Å². The van der Waals surface area contributed by atoms with Crippen LogP contribution < -0.4 is 15.4 Å². The summed E-state index contributed by atoms with van der Waals surface area (Å²) in [4.78, 5) is 30.9. The van der Waals surface area contributed by atoms with Gasteiger partial charge in [-0.2, -0.15) is 0 Å². The molecule has 2 rings (SSSR count). The second-order valence-electron chi connectivity index (χ2n) is 6.16. The van der Waals surface area contributed by atoms with E-state index in [9.17, 15) is 9.59 Å². The van der Waals surface area contributed by atoms with E-state index in [1.54, 1.807) is 10.3 Å². The number of para-hydroxylation sites is 2. The summed E-state index contributed by atoms with van der Waals surface area (Å²) in [5, 5.41) is 8.18. The minimum absolute atomic E-state index is 0.179. The van der Waals surface area contributed by atoms with E-state index in [0.717, 1.165) is 17.8 Å². The fourth-order valence-corrected chi connectivity index (χ4v) is 3.34. The van der Waals surface area contributed by atoms with E-state index in [-0.39, 0.29) is 11.9 Å². The summed E-state index contributed by atoms with van der Waals surface area (Å²) >= 11 is 1.38. The molecule has 0 radical (unpaired) electrons. The molecule has 0 atom stereocenters. The predicted octanol–water partition coefficient (Wildman–Crippen LogP) is 4.13. The van der Waals surface area contributed by atoms with Gasteiger partial charge in [-0.05, 0) is 31.9 Å². The number of ether oxygens (including phenoxy) is 1. The van der Waals surface area contributed by atoms with Crippen molar-refractivity contribution < 1.29 is 14.3 Å². The molecule has 1 aromatic heterocycles. The Balaban J connectivity index is 2.06. The highest BCUT2D eigenvalue weighted by Crippen LogP contribution is 2.24. The maximum atomic E-state index is 12.8. The molecule has 0 saturated carbocycles. The van der Waals surface area contributed by atoms with Gasteiger partial charge in [0.15, 0.2) is 0 Å². The normalized spacial score (nSPS) is 10.4. The molecule has 0 aliphatic carbocycles. The number of rotatable bonds is 10. The molecule has 1 heterocycles. The second-order valence-corrected chi connectivity index (χ2v) is 7.11. The van der Waals surface area contributed by atoms with Crippen molar-refractivity contribution in [1.82, 2.24) is 15.2 Å². The van der Waals surface area contributed by atoms with E-state index >= 15 is 0 Å². The van der Waals surface area contributed by atoms with Gasteiger partial charge in [0.2, 0.25) is 0 Å². The first-order chi connectivity index (χ1) is 13.6. The molecular weight excluding hydrogens is 376 g/mol. The van der Waals surface area contributed by atoms with Crippen LogP contribution in [-0.4, -0.2) is 41.5 Å². The average Bonchev–Trinajstić information content (AvgIpc) is 3.16. The number of anilines is 1. The van der Waals surface area contributed by atoms with E-state index < -0.39 is 0 Å². The smallest absolute Gasteiger partial charge is 0.322 e. The molecule has 0 fully saturated rings. The lowest BCUT2D eigenvalue weighted by Crippen LogP contribution is -2.35. The quantitative estimate of drug-likeness (QED) is 0.624. The third-order valence-corrected chi connectivity index (χ3v) is 4.69. The monoisotopic (exact) mass is 404 g/mol. The third kappa shape index (κ3) is 6.23. The Hall–Kier alpha value is -2.61. The number of thiazole rings is 1. The Kier molecular flexibility index (Phi) is 8.74. The van der Waals surface area contributed by atoms with E-state index in [2.05, 4.69) is 15.6 Å². The van der Waals surface area contributed by atoms with Crippen molar-refractivity contribution in [2.75, 3.05) is 25.0 Å². The lowest BCUT2D eigenvalue weighted by atomic mass is 10.3. The van der Waals surface area contributed by atoms with E-state index in [0.29, 0.717) is 43.4 Å². The summed E-state index contributed by atoms with van der Waals surface area (Å²) in [6.45, 7) is 7.99. The number of hydrogen-bond donors (Lipinski definition) is 2. The van der Waals surface area contributed by atoms with Crippen molar-refractivity contribution in [3.8, 4) is 5.75 Å². The maximum absolute atomic E-state index is 12.8. The zero-order valence-corrected chi connectivity index (χ0v) is 17.5. The zero-order chi connectivity index (χ0) is 20.4. The van der Waals surface area contributed by atoms with Crippen molar-refractivity contribution in [2.24, 2.45) is 0 Å². The lowest BCUT2D eigenvalue weighted by molar-refractivity contribution is 0.0949. The molecule has 0 saturated heterocycles. The first-order valence-corrected chi connectivity index (χ1v) is 10.5. The highest BCUT2D eigenvalue weighted by atomic mass is 32.1. The molecule has 2 aromatic rings. The molecule has 2 N–H and O–H groups in total. The maximum Gasteiger partial charge on any atom is 0.322 e. The summed E-state index contributed by atoms with van der Waals surface area (Å²) in [5.74, 6) is 0.459. The summed E-state index contributed by atoms with van der Waals surface area (Å²) in [6, 6.07) is 7.13. The number of carbonyl (C=O) groups excluding carboxylic acids is 2. The van der Waals surface area contributed by atoms with E-state index in [1.807, 2.05) is 45.0 Å². The third-order valence-electron chi connectivity index (χ3n) is 3.86. The number of urea groups is 1. The number of aromatic nitrogens is 1. The molecule has 152 valence electrons. The van der Waals surface area contributed by atoms with E-state index in [4.69, 9.17) is 4.74 Å². The number of carbonyl (C=O) groups is 2. The number of nitrogens with zero attached hydrogens (tertiary/aromatic N) is 2. The minimum atomic E-state index is -0.221. The first-order valence-electron chi connectivity index (χ1n) is 9.59. The second kappa shape index (κ2) is 11.3. The fraction of sp³-hybridized carbons (Fsp3) is 0.450. The molecule has 7 nitrogen and oxygen atoms in total. The van der Waals surface area contributed by atoms with Crippen molar-refractivity contribution in [1.29, 1.82) is 0 Å². The first kappa shape index (κ1) is 21.7. The van der Waals surface area contributed by atoms with Gasteiger partial charge in [-0.1, -0.05) is 26.0 Å². The topological polar surface area (TPSA) is 83.6 Å². The van der Waals surface area contributed by atoms with Gasteiger partial charge in [-0.25, -0.2) is 9.78 Å². The summed E-state index contributed by atoms with van der Waals surface area (Å²) in [7, 11) is 0. The Morgan fingerprint density at radius 1 is 1.18 bits per heavy atom. The number of amides is 3. The largest absolute Gasteiger partial charge is 0.492 e. The highest BCUT2D eigenvalue weighted by Gasteiger charge is 2.18. The SMILES string of the molecule is CCCNC(=O)c1csc(CN(CCC)C(=O)Nc2ccccc2OCC)n1. The van der Waals surface area contributed by atoms with Crippen LogP contribution in [0.4, 0.5) is 10.5 Å². The standard InChI is InChI=1S/C20H28N4O3S/c1-4-11-21-19(25)16-14-28-18(22-16)13-24(12-5-2)20(26)23-15-9-7-8-10-17(15)27-6-3/h7-10,14H,4-6,11-13H2,1-3H3,(H,21,25)(H,23,26). The molecule has 28 heavy (non-hydrogen) atoms. The Morgan fingerprint density at radius 3 is 2.68 bits per heavy atom. The van der Waals surface area contributed by atoms with Gasteiger partial charge >= 0.3 is 6.03 Å². The Labute approximate surface area is 170 Å². The molecule has 1 aromatic carbocycles. The van der Waals surface area contributed by atoms with Gasteiger partial charge in [-0.15, -0.1) is 11.3 Å². The zero-order valence-electron chi connectivity index (χ0n) is 16.7. The Morgan fingerprint density at radius 2 is 1.96 bits per heavy atom. The molecule has 0 aliphatic heterocycles. The predicted molar refractivity (Wildman–Crippen MR) is 112 cm³/mol. The number of hydrogen-bond acceptors (Lipinski definition) is 5. The van der Waals surface area contributed by atoms with Crippen LogP contribution in [-0.2, 0) is 6.54 Å². The van der Waals surface area contributed by atoms with E-state index in [1.165, 1.54) is 11.3 Å². The van der Waals surface area contributed by atoms with Gasteiger partial charge in [0.1, 0.15) is 16.5 Å².